The van der Waals surface area contributed by atoms with Gasteiger partial charge in [0.1, 0.15) is 18.2 Å². The predicted molar refractivity (Wildman–Crippen MR) is 99.8 cm³/mol. The number of aromatic nitrogens is 1. The van der Waals surface area contributed by atoms with Crippen molar-refractivity contribution in [3.05, 3.63) is 53.0 Å². The van der Waals surface area contributed by atoms with Crippen molar-refractivity contribution in [2.75, 3.05) is 27.2 Å². The minimum absolute atomic E-state index is 0.0360. The van der Waals surface area contributed by atoms with Crippen LogP contribution in [0, 0.1) is 5.82 Å². The molecule has 1 amide bonds. The molecular weight excluding hydrogens is 349 g/mol. The number of piperidine rings is 1. The van der Waals surface area contributed by atoms with Crippen molar-refractivity contribution in [3.63, 3.8) is 0 Å². The van der Waals surface area contributed by atoms with Gasteiger partial charge in [0.2, 0.25) is 5.88 Å². The number of hydrogen-bond donors (Lipinski definition) is 2. The van der Waals surface area contributed by atoms with Gasteiger partial charge in [-0.25, -0.2) is 9.37 Å². The summed E-state index contributed by atoms with van der Waals surface area (Å²) in [5.41, 5.74) is 1.44. The number of amides is 1. The molecule has 0 saturated carbocycles. The fourth-order valence-electron chi connectivity index (χ4n) is 3.21. The first-order chi connectivity index (χ1) is 13.1. The van der Waals surface area contributed by atoms with Gasteiger partial charge >= 0.3 is 0 Å². The normalized spacial score (nSPS) is 14.6. The quantitative estimate of drug-likeness (QED) is 0.814. The van der Waals surface area contributed by atoms with Crippen molar-refractivity contribution in [1.82, 2.24) is 15.6 Å². The molecule has 2 aromatic rings. The number of carbonyl (C=O) groups is 1. The average Bonchev–Trinajstić information content (AvgIpc) is 2.72. The Bertz CT molecular complexity index is 807. The van der Waals surface area contributed by atoms with Crippen molar-refractivity contribution in [2.24, 2.45) is 0 Å². The van der Waals surface area contributed by atoms with Gasteiger partial charge in [-0.15, -0.1) is 0 Å². The number of ether oxygens (including phenoxy) is 2. The number of methoxy groups -OCH3 is 1. The maximum atomic E-state index is 14.5. The number of benzene rings is 1. The van der Waals surface area contributed by atoms with Crippen molar-refractivity contribution in [3.8, 4) is 11.6 Å². The van der Waals surface area contributed by atoms with Crippen molar-refractivity contribution >= 4 is 5.91 Å². The van der Waals surface area contributed by atoms with Crippen LogP contribution in [0.25, 0.3) is 0 Å². The summed E-state index contributed by atoms with van der Waals surface area (Å²) in [7, 11) is 2.92. The van der Waals surface area contributed by atoms with Crippen LogP contribution in [0.3, 0.4) is 0 Å². The Kier molecular flexibility index (Phi) is 6.24. The van der Waals surface area contributed by atoms with E-state index < -0.39 is 5.82 Å². The molecular formula is C20H24FN3O3. The van der Waals surface area contributed by atoms with Crippen LogP contribution in [0.2, 0.25) is 0 Å². The molecule has 6 nitrogen and oxygen atoms in total. The summed E-state index contributed by atoms with van der Waals surface area (Å²) >= 11 is 0. The van der Waals surface area contributed by atoms with Gasteiger partial charge in [0.25, 0.3) is 5.91 Å². The highest BCUT2D eigenvalue weighted by Gasteiger charge is 2.18. The van der Waals surface area contributed by atoms with Crippen LogP contribution >= 0.6 is 0 Å². The first-order valence-electron chi connectivity index (χ1n) is 9.01. The van der Waals surface area contributed by atoms with Crippen LogP contribution < -0.4 is 20.1 Å². The molecule has 2 heterocycles. The molecule has 0 atom stereocenters. The highest BCUT2D eigenvalue weighted by Crippen LogP contribution is 2.27. The third-order valence-corrected chi connectivity index (χ3v) is 4.73. The fraction of sp³-hybridized carbons (Fsp3) is 0.400. The minimum Gasteiger partial charge on any atom is -0.496 e. The number of carbonyl (C=O) groups excluding carboxylic acids is 1. The zero-order valence-electron chi connectivity index (χ0n) is 15.5. The Labute approximate surface area is 158 Å². The first-order valence-corrected chi connectivity index (χ1v) is 9.01. The lowest BCUT2D eigenvalue weighted by Crippen LogP contribution is -2.27. The van der Waals surface area contributed by atoms with E-state index in [-0.39, 0.29) is 29.4 Å². The van der Waals surface area contributed by atoms with Gasteiger partial charge in [-0.05, 0) is 44.1 Å². The molecule has 0 unspecified atom stereocenters. The van der Waals surface area contributed by atoms with Crippen molar-refractivity contribution < 1.29 is 18.7 Å². The number of rotatable bonds is 6. The topological polar surface area (TPSA) is 72.5 Å². The van der Waals surface area contributed by atoms with E-state index in [2.05, 4.69) is 15.6 Å². The standard InChI is InChI=1S/C20H24FN3O3/c1-22-20(25)14-10-16(21)15(18(11-14)26-2)12-27-19-5-3-4-17(24-19)13-6-8-23-9-7-13/h3-5,10-11,13,23H,6-9,12H2,1-2H3,(H,22,25). The number of nitrogens with zero attached hydrogens (tertiary/aromatic N) is 1. The summed E-state index contributed by atoms with van der Waals surface area (Å²) in [5, 5.41) is 5.81. The molecule has 1 fully saturated rings. The summed E-state index contributed by atoms with van der Waals surface area (Å²) < 4.78 is 25.5. The molecule has 0 bridgehead atoms. The lowest BCUT2D eigenvalue weighted by molar-refractivity contribution is 0.0962. The lowest BCUT2D eigenvalue weighted by Gasteiger charge is -2.22. The van der Waals surface area contributed by atoms with E-state index in [1.165, 1.54) is 26.3 Å². The zero-order chi connectivity index (χ0) is 19.2. The highest BCUT2D eigenvalue weighted by atomic mass is 19.1. The molecule has 144 valence electrons. The molecule has 0 aliphatic carbocycles. The van der Waals surface area contributed by atoms with Gasteiger partial charge in [0.05, 0.1) is 12.7 Å². The monoisotopic (exact) mass is 373 g/mol. The molecule has 1 aromatic heterocycles. The maximum absolute atomic E-state index is 14.5. The summed E-state index contributed by atoms with van der Waals surface area (Å²) in [6.07, 6.45) is 2.08. The minimum atomic E-state index is -0.553. The zero-order valence-corrected chi connectivity index (χ0v) is 15.5. The van der Waals surface area contributed by atoms with Crippen LogP contribution in [0.15, 0.2) is 30.3 Å². The molecule has 1 aromatic carbocycles. The van der Waals surface area contributed by atoms with Crippen LogP contribution in [0.4, 0.5) is 4.39 Å². The number of nitrogens with one attached hydrogen (secondary N) is 2. The molecule has 2 N–H and O–H groups in total. The number of halogens is 1. The molecule has 0 radical (unpaired) electrons. The Morgan fingerprint density at radius 2 is 2.11 bits per heavy atom. The van der Waals surface area contributed by atoms with Gasteiger partial charge in [0, 0.05) is 30.3 Å². The Hall–Kier alpha value is -2.67. The Balaban J connectivity index is 1.75. The molecule has 1 aliphatic rings. The molecule has 3 rings (SSSR count). The second-order valence-electron chi connectivity index (χ2n) is 6.43. The van der Waals surface area contributed by atoms with Gasteiger partial charge < -0.3 is 20.1 Å². The lowest BCUT2D eigenvalue weighted by atomic mass is 9.94. The molecule has 1 aliphatic heterocycles. The van der Waals surface area contributed by atoms with Crippen LogP contribution in [0.1, 0.15) is 40.4 Å². The summed E-state index contributed by atoms with van der Waals surface area (Å²) in [4.78, 5) is 16.3. The van der Waals surface area contributed by atoms with E-state index in [4.69, 9.17) is 9.47 Å². The third kappa shape index (κ3) is 4.54. The van der Waals surface area contributed by atoms with Crippen LogP contribution in [-0.2, 0) is 6.61 Å². The van der Waals surface area contributed by atoms with Crippen molar-refractivity contribution in [1.29, 1.82) is 0 Å². The second-order valence-corrected chi connectivity index (χ2v) is 6.43. The number of hydrogen-bond acceptors (Lipinski definition) is 5. The molecule has 1 saturated heterocycles. The van der Waals surface area contributed by atoms with E-state index in [0.29, 0.717) is 11.8 Å². The van der Waals surface area contributed by atoms with E-state index in [1.807, 2.05) is 12.1 Å². The summed E-state index contributed by atoms with van der Waals surface area (Å²) in [6.45, 7) is 1.93. The van der Waals surface area contributed by atoms with E-state index in [9.17, 15) is 9.18 Å². The van der Waals surface area contributed by atoms with E-state index in [0.717, 1.165) is 31.6 Å². The molecule has 27 heavy (non-hydrogen) atoms. The summed E-state index contributed by atoms with van der Waals surface area (Å²) in [6, 6.07) is 8.34. The fourth-order valence-corrected chi connectivity index (χ4v) is 3.21. The van der Waals surface area contributed by atoms with E-state index >= 15 is 0 Å². The average molecular weight is 373 g/mol. The largest absolute Gasteiger partial charge is 0.496 e. The van der Waals surface area contributed by atoms with Crippen LogP contribution in [-0.4, -0.2) is 38.1 Å². The van der Waals surface area contributed by atoms with Crippen LogP contribution in [0.5, 0.6) is 11.6 Å². The van der Waals surface area contributed by atoms with E-state index in [1.54, 1.807) is 6.07 Å². The Morgan fingerprint density at radius 1 is 1.33 bits per heavy atom. The molecule has 0 spiro atoms. The second kappa shape index (κ2) is 8.81. The third-order valence-electron chi connectivity index (χ3n) is 4.73. The summed E-state index contributed by atoms with van der Waals surface area (Å²) in [5.74, 6) is 0.192. The highest BCUT2D eigenvalue weighted by molar-refractivity contribution is 5.94. The smallest absolute Gasteiger partial charge is 0.251 e. The number of pyridine rings is 1. The van der Waals surface area contributed by atoms with Crippen molar-refractivity contribution in [2.45, 2.75) is 25.4 Å². The molecule has 7 heteroatoms. The van der Waals surface area contributed by atoms with Gasteiger partial charge in [0.15, 0.2) is 0 Å². The SMILES string of the molecule is CNC(=O)c1cc(F)c(COc2cccc(C3CCNCC3)n2)c(OC)c1. The first kappa shape index (κ1) is 19.1. The Morgan fingerprint density at radius 3 is 2.81 bits per heavy atom. The maximum Gasteiger partial charge on any atom is 0.251 e. The van der Waals surface area contributed by atoms with Gasteiger partial charge in [-0.3, -0.25) is 4.79 Å². The van der Waals surface area contributed by atoms with Gasteiger partial charge in [-0.2, -0.15) is 0 Å². The predicted octanol–water partition coefficient (Wildman–Crippen LogP) is 2.63. The van der Waals surface area contributed by atoms with Gasteiger partial charge in [-0.1, -0.05) is 6.07 Å².